The first-order chi connectivity index (χ1) is 9.70. The SMILES string of the molecule is Cc1cccc(C(=O)CCN2CCCCCC2CO)c1. The normalized spacial score (nSPS) is 20.6. The molecule has 1 atom stereocenters. The van der Waals surface area contributed by atoms with Gasteiger partial charge in [0.1, 0.15) is 0 Å². The molecule has 0 amide bonds. The van der Waals surface area contributed by atoms with E-state index in [2.05, 4.69) is 4.90 Å². The number of Topliss-reactive ketones (excluding diaryl/α,β-unsaturated/α-hetero) is 1. The molecule has 0 saturated carbocycles. The summed E-state index contributed by atoms with van der Waals surface area (Å²) in [6, 6.07) is 8.02. The molecule has 3 nitrogen and oxygen atoms in total. The number of nitrogens with zero attached hydrogens (tertiary/aromatic N) is 1. The average Bonchev–Trinajstić information content (AvgIpc) is 2.69. The van der Waals surface area contributed by atoms with E-state index in [9.17, 15) is 9.90 Å². The Bertz CT molecular complexity index is 444. The number of carbonyl (C=O) groups excluding carboxylic acids is 1. The number of aliphatic hydroxyl groups excluding tert-OH is 1. The number of carbonyl (C=O) groups is 1. The maximum absolute atomic E-state index is 12.2. The molecule has 1 aromatic carbocycles. The van der Waals surface area contributed by atoms with E-state index in [4.69, 9.17) is 0 Å². The van der Waals surface area contributed by atoms with E-state index in [0.717, 1.165) is 30.6 Å². The van der Waals surface area contributed by atoms with Gasteiger partial charge in [0.25, 0.3) is 0 Å². The second-order valence-electron chi connectivity index (χ2n) is 5.76. The third kappa shape index (κ3) is 4.15. The van der Waals surface area contributed by atoms with Gasteiger partial charge in [-0.15, -0.1) is 0 Å². The number of hydrogen-bond acceptors (Lipinski definition) is 3. The van der Waals surface area contributed by atoms with Crippen LogP contribution in [0.2, 0.25) is 0 Å². The molecule has 0 aromatic heterocycles. The molecule has 1 aliphatic heterocycles. The quantitative estimate of drug-likeness (QED) is 0.840. The van der Waals surface area contributed by atoms with Crippen molar-refractivity contribution in [2.24, 2.45) is 0 Å². The summed E-state index contributed by atoms with van der Waals surface area (Å²) < 4.78 is 0. The average molecular weight is 275 g/mol. The van der Waals surface area contributed by atoms with Crippen LogP contribution in [0.3, 0.4) is 0 Å². The number of likely N-dealkylation sites (tertiary alicyclic amines) is 1. The number of ketones is 1. The predicted molar refractivity (Wildman–Crippen MR) is 81.0 cm³/mol. The molecule has 110 valence electrons. The lowest BCUT2D eigenvalue weighted by atomic mass is 10.0. The van der Waals surface area contributed by atoms with Gasteiger partial charge in [-0.05, 0) is 32.4 Å². The van der Waals surface area contributed by atoms with Crippen molar-refractivity contribution in [1.29, 1.82) is 0 Å². The number of aliphatic hydroxyl groups is 1. The first-order valence-corrected chi connectivity index (χ1v) is 7.65. The fourth-order valence-corrected chi connectivity index (χ4v) is 2.95. The standard InChI is InChI=1S/C17H25NO2/c1-14-6-5-7-15(12-14)17(20)9-11-18-10-4-2-3-8-16(18)13-19/h5-7,12,16,19H,2-4,8-11,13H2,1H3. The first-order valence-electron chi connectivity index (χ1n) is 7.65. The maximum atomic E-state index is 12.2. The van der Waals surface area contributed by atoms with Crippen molar-refractivity contribution in [2.45, 2.75) is 45.1 Å². The Labute approximate surface area is 121 Å². The fraction of sp³-hybridized carbons (Fsp3) is 0.588. The molecule has 0 aliphatic carbocycles. The van der Waals surface area contributed by atoms with Crippen LogP contribution in [0.1, 0.15) is 48.0 Å². The fourth-order valence-electron chi connectivity index (χ4n) is 2.95. The van der Waals surface area contributed by atoms with Crippen molar-refractivity contribution in [3.63, 3.8) is 0 Å². The van der Waals surface area contributed by atoms with Gasteiger partial charge >= 0.3 is 0 Å². The topological polar surface area (TPSA) is 40.5 Å². The van der Waals surface area contributed by atoms with E-state index >= 15 is 0 Å². The summed E-state index contributed by atoms with van der Waals surface area (Å²) in [5, 5.41) is 9.48. The van der Waals surface area contributed by atoms with E-state index in [1.807, 2.05) is 31.2 Å². The van der Waals surface area contributed by atoms with Crippen molar-refractivity contribution in [2.75, 3.05) is 19.7 Å². The molecule has 1 heterocycles. The van der Waals surface area contributed by atoms with Crippen LogP contribution in [-0.4, -0.2) is 41.5 Å². The van der Waals surface area contributed by atoms with Gasteiger partial charge in [0.2, 0.25) is 0 Å². The van der Waals surface area contributed by atoms with Gasteiger partial charge in [-0.3, -0.25) is 9.69 Å². The van der Waals surface area contributed by atoms with Gasteiger partial charge in [0.15, 0.2) is 5.78 Å². The van der Waals surface area contributed by atoms with Crippen LogP contribution in [-0.2, 0) is 0 Å². The Morgan fingerprint density at radius 1 is 1.35 bits per heavy atom. The van der Waals surface area contributed by atoms with Gasteiger partial charge in [-0.1, -0.05) is 36.6 Å². The van der Waals surface area contributed by atoms with Crippen LogP contribution >= 0.6 is 0 Å². The molecule has 3 heteroatoms. The summed E-state index contributed by atoms with van der Waals surface area (Å²) in [6.07, 6.45) is 5.19. The third-order valence-corrected chi connectivity index (χ3v) is 4.18. The minimum atomic E-state index is 0.203. The molecule has 0 radical (unpaired) electrons. The van der Waals surface area contributed by atoms with Gasteiger partial charge in [0, 0.05) is 24.6 Å². The molecule has 1 N–H and O–H groups in total. The van der Waals surface area contributed by atoms with Gasteiger partial charge in [0.05, 0.1) is 6.61 Å². The lowest BCUT2D eigenvalue weighted by molar-refractivity contribution is 0.0910. The molecule has 0 spiro atoms. The minimum Gasteiger partial charge on any atom is -0.395 e. The van der Waals surface area contributed by atoms with Crippen LogP contribution in [0, 0.1) is 6.92 Å². The Hall–Kier alpha value is -1.19. The van der Waals surface area contributed by atoms with E-state index < -0.39 is 0 Å². The molecule has 2 rings (SSSR count). The van der Waals surface area contributed by atoms with E-state index in [0.29, 0.717) is 6.42 Å². The summed E-state index contributed by atoms with van der Waals surface area (Å²) in [5.74, 6) is 0.203. The Morgan fingerprint density at radius 2 is 2.20 bits per heavy atom. The Morgan fingerprint density at radius 3 is 2.95 bits per heavy atom. The van der Waals surface area contributed by atoms with Crippen molar-refractivity contribution in [3.8, 4) is 0 Å². The minimum absolute atomic E-state index is 0.203. The first kappa shape index (κ1) is 15.2. The molecule has 1 fully saturated rings. The highest BCUT2D eigenvalue weighted by Crippen LogP contribution is 2.17. The number of benzene rings is 1. The predicted octanol–water partition coefficient (Wildman–Crippen LogP) is 2.80. The van der Waals surface area contributed by atoms with Crippen LogP contribution in [0.5, 0.6) is 0 Å². The zero-order valence-corrected chi connectivity index (χ0v) is 12.3. The van der Waals surface area contributed by atoms with Gasteiger partial charge < -0.3 is 5.11 Å². The highest BCUT2D eigenvalue weighted by molar-refractivity contribution is 5.96. The van der Waals surface area contributed by atoms with E-state index in [-0.39, 0.29) is 18.4 Å². The van der Waals surface area contributed by atoms with Gasteiger partial charge in [-0.25, -0.2) is 0 Å². The monoisotopic (exact) mass is 275 g/mol. The summed E-state index contributed by atoms with van der Waals surface area (Å²) in [6.45, 7) is 3.98. The summed E-state index contributed by atoms with van der Waals surface area (Å²) >= 11 is 0. The second-order valence-corrected chi connectivity index (χ2v) is 5.76. The highest BCUT2D eigenvalue weighted by atomic mass is 16.3. The van der Waals surface area contributed by atoms with Crippen LogP contribution in [0.4, 0.5) is 0 Å². The lowest BCUT2D eigenvalue weighted by Crippen LogP contribution is -2.38. The number of aryl methyl sites for hydroxylation is 1. The molecule has 1 aromatic rings. The smallest absolute Gasteiger partial charge is 0.164 e. The van der Waals surface area contributed by atoms with Crippen LogP contribution < -0.4 is 0 Å². The second kappa shape index (κ2) is 7.55. The summed E-state index contributed by atoms with van der Waals surface area (Å²) in [4.78, 5) is 14.5. The van der Waals surface area contributed by atoms with E-state index in [1.165, 1.54) is 19.3 Å². The molecule has 1 saturated heterocycles. The highest BCUT2D eigenvalue weighted by Gasteiger charge is 2.20. The molecular weight excluding hydrogens is 250 g/mol. The lowest BCUT2D eigenvalue weighted by Gasteiger charge is -2.28. The molecule has 0 bridgehead atoms. The molecule has 20 heavy (non-hydrogen) atoms. The van der Waals surface area contributed by atoms with Crippen molar-refractivity contribution in [1.82, 2.24) is 4.90 Å². The molecule has 1 aliphatic rings. The van der Waals surface area contributed by atoms with Crippen molar-refractivity contribution < 1.29 is 9.90 Å². The zero-order valence-electron chi connectivity index (χ0n) is 12.3. The van der Waals surface area contributed by atoms with Gasteiger partial charge in [-0.2, -0.15) is 0 Å². The molecule has 1 unspecified atom stereocenters. The van der Waals surface area contributed by atoms with Crippen LogP contribution in [0.15, 0.2) is 24.3 Å². The summed E-state index contributed by atoms with van der Waals surface area (Å²) in [5.41, 5.74) is 1.93. The third-order valence-electron chi connectivity index (χ3n) is 4.18. The zero-order chi connectivity index (χ0) is 14.4. The Balaban J connectivity index is 1.91. The van der Waals surface area contributed by atoms with Crippen molar-refractivity contribution in [3.05, 3.63) is 35.4 Å². The summed E-state index contributed by atoms with van der Waals surface area (Å²) in [7, 11) is 0. The largest absolute Gasteiger partial charge is 0.395 e. The van der Waals surface area contributed by atoms with Crippen molar-refractivity contribution >= 4 is 5.78 Å². The number of hydrogen-bond donors (Lipinski definition) is 1. The maximum Gasteiger partial charge on any atom is 0.164 e. The van der Waals surface area contributed by atoms with E-state index in [1.54, 1.807) is 0 Å². The molecular formula is C17H25NO2. The Kier molecular flexibility index (Phi) is 5.74. The van der Waals surface area contributed by atoms with Crippen LogP contribution in [0.25, 0.3) is 0 Å². The number of rotatable bonds is 5.